The van der Waals surface area contributed by atoms with E-state index in [0.717, 1.165) is 36.8 Å². The maximum Gasteiger partial charge on any atom is 0.0438 e. The van der Waals surface area contributed by atoms with Crippen LogP contribution in [0, 0.1) is 12.8 Å². The summed E-state index contributed by atoms with van der Waals surface area (Å²) in [5, 5.41) is 4.30. The van der Waals surface area contributed by atoms with E-state index in [4.69, 9.17) is 11.6 Å². The number of benzene rings is 1. The normalized spacial score (nSPS) is 19.2. The topological polar surface area (TPSA) is 15.3 Å². The lowest BCUT2D eigenvalue weighted by Gasteiger charge is -2.37. The van der Waals surface area contributed by atoms with Gasteiger partial charge in [-0.15, -0.1) is 0 Å². The number of piperazine rings is 1. The van der Waals surface area contributed by atoms with Gasteiger partial charge in [-0.25, -0.2) is 0 Å². The molecule has 100 valence electrons. The molecule has 0 aliphatic carbocycles. The van der Waals surface area contributed by atoms with Gasteiger partial charge < -0.3 is 5.32 Å². The zero-order valence-corrected chi connectivity index (χ0v) is 12.3. The van der Waals surface area contributed by atoms with E-state index in [1.165, 1.54) is 5.56 Å². The molecule has 1 saturated heterocycles. The Kier molecular flexibility index (Phi) is 4.66. The van der Waals surface area contributed by atoms with Crippen LogP contribution in [0.3, 0.4) is 0 Å². The predicted octanol–water partition coefficient (Wildman–Crippen LogP) is 3.25. The van der Waals surface area contributed by atoms with Crippen LogP contribution in [0.15, 0.2) is 18.2 Å². The summed E-state index contributed by atoms with van der Waals surface area (Å²) in [6.07, 6.45) is 0. The molecule has 0 aromatic heterocycles. The molecule has 1 atom stereocenters. The van der Waals surface area contributed by atoms with Gasteiger partial charge in [0, 0.05) is 37.2 Å². The first-order valence-electron chi connectivity index (χ1n) is 6.80. The van der Waals surface area contributed by atoms with Crippen molar-refractivity contribution < 1.29 is 0 Å². The maximum absolute atomic E-state index is 6.27. The summed E-state index contributed by atoms with van der Waals surface area (Å²) in [7, 11) is 0. The lowest BCUT2D eigenvalue weighted by atomic mass is 9.93. The summed E-state index contributed by atoms with van der Waals surface area (Å²) in [4.78, 5) is 2.57. The molecule has 0 amide bonds. The standard InChI is InChI=1S/C15H23ClN2/c1-11(2)15(18-8-6-17-7-9-18)13-5-4-12(3)14(16)10-13/h4-5,10-11,15,17H,6-9H2,1-3H3. The molecule has 1 fully saturated rings. The number of rotatable bonds is 3. The highest BCUT2D eigenvalue weighted by Crippen LogP contribution is 2.31. The Morgan fingerprint density at radius 3 is 2.44 bits per heavy atom. The van der Waals surface area contributed by atoms with Gasteiger partial charge in [0.05, 0.1) is 0 Å². The molecule has 2 nitrogen and oxygen atoms in total. The van der Waals surface area contributed by atoms with Crippen LogP contribution in [0.1, 0.15) is 31.0 Å². The van der Waals surface area contributed by atoms with Gasteiger partial charge in [-0.1, -0.05) is 37.6 Å². The fourth-order valence-electron chi connectivity index (χ4n) is 2.77. The van der Waals surface area contributed by atoms with Crippen LogP contribution >= 0.6 is 11.6 Å². The van der Waals surface area contributed by atoms with Gasteiger partial charge in [0.1, 0.15) is 0 Å². The molecule has 1 unspecified atom stereocenters. The summed E-state index contributed by atoms with van der Waals surface area (Å²) in [5.74, 6) is 0.599. The van der Waals surface area contributed by atoms with Crippen molar-refractivity contribution in [2.75, 3.05) is 26.2 Å². The van der Waals surface area contributed by atoms with Gasteiger partial charge in [-0.3, -0.25) is 4.90 Å². The molecular weight excluding hydrogens is 244 g/mol. The molecule has 18 heavy (non-hydrogen) atoms. The zero-order chi connectivity index (χ0) is 13.1. The smallest absolute Gasteiger partial charge is 0.0438 e. The van der Waals surface area contributed by atoms with E-state index in [2.05, 4.69) is 49.2 Å². The van der Waals surface area contributed by atoms with E-state index in [1.54, 1.807) is 0 Å². The molecule has 0 bridgehead atoms. The first-order chi connectivity index (χ1) is 8.59. The molecule has 0 radical (unpaired) electrons. The third-order valence-corrected chi connectivity index (χ3v) is 4.12. The minimum absolute atomic E-state index is 0.477. The SMILES string of the molecule is Cc1ccc(C(C(C)C)N2CCNCC2)cc1Cl. The van der Waals surface area contributed by atoms with Crippen molar-refractivity contribution >= 4 is 11.6 Å². The van der Waals surface area contributed by atoms with E-state index < -0.39 is 0 Å². The average Bonchev–Trinajstić information content (AvgIpc) is 2.35. The highest BCUT2D eigenvalue weighted by atomic mass is 35.5. The number of nitrogens with zero attached hydrogens (tertiary/aromatic N) is 1. The first kappa shape index (κ1) is 13.9. The van der Waals surface area contributed by atoms with E-state index >= 15 is 0 Å². The molecule has 0 saturated carbocycles. The van der Waals surface area contributed by atoms with Gasteiger partial charge in [0.15, 0.2) is 0 Å². The van der Waals surface area contributed by atoms with Gasteiger partial charge in [0.25, 0.3) is 0 Å². The molecule has 1 aromatic carbocycles. The second-order valence-electron chi connectivity index (χ2n) is 5.48. The second-order valence-corrected chi connectivity index (χ2v) is 5.89. The van der Waals surface area contributed by atoms with E-state index in [9.17, 15) is 0 Å². The highest BCUT2D eigenvalue weighted by Gasteiger charge is 2.25. The summed E-state index contributed by atoms with van der Waals surface area (Å²) in [6, 6.07) is 6.98. The fourth-order valence-corrected chi connectivity index (χ4v) is 2.96. The lowest BCUT2D eigenvalue weighted by molar-refractivity contribution is 0.137. The number of halogens is 1. The van der Waals surface area contributed by atoms with Crippen LogP contribution in [0.25, 0.3) is 0 Å². The Morgan fingerprint density at radius 1 is 1.22 bits per heavy atom. The fraction of sp³-hybridized carbons (Fsp3) is 0.600. The molecule has 1 aliphatic heterocycles. The van der Waals surface area contributed by atoms with Crippen LogP contribution in [0.4, 0.5) is 0 Å². The Bertz CT molecular complexity index is 397. The van der Waals surface area contributed by atoms with Crippen molar-refractivity contribution in [2.24, 2.45) is 5.92 Å². The number of nitrogens with one attached hydrogen (secondary N) is 1. The van der Waals surface area contributed by atoms with Crippen molar-refractivity contribution in [3.05, 3.63) is 34.3 Å². The number of hydrogen-bond donors (Lipinski definition) is 1. The minimum atomic E-state index is 0.477. The monoisotopic (exact) mass is 266 g/mol. The van der Waals surface area contributed by atoms with Crippen LogP contribution < -0.4 is 5.32 Å². The second kappa shape index (κ2) is 6.05. The van der Waals surface area contributed by atoms with Crippen molar-refractivity contribution in [2.45, 2.75) is 26.8 Å². The van der Waals surface area contributed by atoms with Crippen molar-refractivity contribution in [1.82, 2.24) is 10.2 Å². The summed E-state index contributed by atoms with van der Waals surface area (Å²) >= 11 is 6.27. The third kappa shape index (κ3) is 3.05. The van der Waals surface area contributed by atoms with E-state index in [1.807, 2.05) is 0 Å². The van der Waals surface area contributed by atoms with Gasteiger partial charge in [-0.2, -0.15) is 0 Å². The minimum Gasteiger partial charge on any atom is -0.314 e. The Labute approximate surface area is 115 Å². The van der Waals surface area contributed by atoms with Gasteiger partial charge in [-0.05, 0) is 30.0 Å². The molecule has 1 N–H and O–H groups in total. The van der Waals surface area contributed by atoms with Crippen LogP contribution in [-0.2, 0) is 0 Å². The van der Waals surface area contributed by atoms with E-state index in [0.29, 0.717) is 12.0 Å². The lowest BCUT2D eigenvalue weighted by Crippen LogP contribution is -2.46. The summed E-state index contributed by atoms with van der Waals surface area (Å²) in [6.45, 7) is 11.1. The number of aryl methyl sites for hydroxylation is 1. The molecule has 1 aliphatic rings. The van der Waals surface area contributed by atoms with Crippen molar-refractivity contribution in [3.63, 3.8) is 0 Å². The Balaban J connectivity index is 2.25. The van der Waals surface area contributed by atoms with Crippen molar-refractivity contribution in [3.8, 4) is 0 Å². The first-order valence-corrected chi connectivity index (χ1v) is 7.18. The molecule has 1 aromatic rings. The van der Waals surface area contributed by atoms with Gasteiger partial charge >= 0.3 is 0 Å². The summed E-state index contributed by atoms with van der Waals surface area (Å²) < 4.78 is 0. The average molecular weight is 267 g/mol. The Morgan fingerprint density at radius 2 is 1.89 bits per heavy atom. The zero-order valence-electron chi connectivity index (χ0n) is 11.5. The quantitative estimate of drug-likeness (QED) is 0.904. The third-order valence-electron chi connectivity index (χ3n) is 3.71. The Hall–Kier alpha value is -0.570. The van der Waals surface area contributed by atoms with Crippen LogP contribution in [0.5, 0.6) is 0 Å². The van der Waals surface area contributed by atoms with Gasteiger partial charge in [0.2, 0.25) is 0 Å². The molecular formula is C15H23ClN2. The van der Waals surface area contributed by atoms with Crippen LogP contribution in [0.2, 0.25) is 5.02 Å². The number of hydrogen-bond acceptors (Lipinski definition) is 2. The van der Waals surface area contributed by atoms with Crippen molar-refractivity contribution in [1.29, 1.82) is 0 Å². The largest absolute Gasteiger partial charge is 0.314 e. The molecule has 1 heterocycles. The molecule has 3 heteroatoms. The van der Waals surface area contributed by atoms with E-state index in [-0.39, 0.29) is 0 Å². The van der Waals surface area contributed by atoms with Crippen LogP contribution in [-0.4, -0.2) is 31.1 Å². The molecule has 0 spiro atoms. The summed E-state index contributed by atoms with van der Waals surface area (Å²) in [5.41, 5.74) is 2.51. The molecule has 2 rings (SSSR count). The maximum atomic E-state index is 6.27. The highest BCUT2D eigenvalue weighted by molar-refractivity contribution is 6.31. The predicted molar refractivity (Wildman–Crippen MR) is 78.2 cm³/mol.